The Morgan fingerprint density at radius 2 is 1.79 bits per heavy atom. The van der Waals surface area contributed by atoms with E-state index in [4.69, 9.17) is 9.47 Å². The number of ether oxygens (including phenoxy) is 2. The highest BCUT2D eigenvalue weighted by molar-refractivity contribution is 7.89. The van der Waals surface area contributed by atoms with Gasteiger partial charge in [-0.25, -0.2) is 12.7 Å². The molecule has 0 aliphatic carbocycles. The summed E-state index contributed by atoms with van der Waals surface area (Å²) in [5.41, 5.74) is 0.366. The number of aromatic nitrogens is 4. The SMILES string of the molecule is COc1ccc(C(=O)N2CCn3c(nnc3C3CCN(S(=O)(=O)C(C)C)CC3)C2)c(OC)n1. The molecule has 1 fully saturated rings. The lowest BCUT2D eigenvalue weighted by Gasteiger charge is -2.33. The third-order valence-corrected chi connectivity index (χ3v) is 8.59. The van der Waals surface area contributed by atoms with Gasteiger partial charge in [-0.2, -0.15) is 4.98 Å². The molecule has 12 heteroatoms. The smallest absolute Gasteiger partial charge is 0.259 e. The van der Waals surface area contributed by atoms with E-state index in [2.05, 4.69) is 19.7 Å². The molecular weight excluding hydrogens is 448 g/mol. The predicted octanol–water partition coefficient (Wildman–Crippen LogP) is 1.26. The summed E-state index contributed by atoms with van der Waals surface area (Å²) in [5, 5.41) is 8.35. The largest absolute Gasteiger partial charge is 0.481 e. The highest BCUT2D eigenvalue weighted by Gasteiger charge is 2.34. The topological polar surface area (TPSA) is 120 Å². The zero-order valence-electron chi connectivity index (χ0n) is 19.4. The first-order valence-electron chi connectivity index (χ1n) is 11.1. The van der Waals surface area contributed by atoms with Crippen molar-refractivity contribution < 1.29 is 22.7 Å². The third kappa shape index (κ3) is 4.41. The Morgan fingerprint density at radius 1 is 1.06 bits per heavy atom. The van der Waals surface area contributed by atoms with Crippen molar-refractivity contribution in [2.24, 2.45) is 0 Å². The number of carbonyl (C=O) groups excluding carboxylic acids is 1. The molecule has 180 valence electrons. The lowest BCUT2D eigenvalue weighted by atomic mass is 9.97. The molecule has 0 aromatic carbocycles. The molecule has 33 heavy (non-hydrogen) atoms. The first-order chi connectivity index (χ1) is 15.8. The molecule has 11 nitrogen and oxygen atoms in total. The summed E-state index contributed by atoms with van der Waals surface area (Å²) in [4.78, 5) is 19.0. The number of fused-ring (bicyclic) bond motifs is 1. The minimum absolute atomic E-state index is 0.151. The molecule has 0 saturated carbocycles. The summed E-state index contributed by atoms with van der Waals surface area (Å²) in [6, 6.07) is 3.28. The van der Waals surface area contributed by atoms with Gasteiger partial charge in [0.2, 0.25) is 21.8 Å². The minimum atomic E-state index is -3.24. The summed E-state index contributed by atoms with van der Waals surface area (Å²) >= 11 is 0. The van der Waals surface area contributed by atoms with Crippen molar-refractivity contribution in [3.05, 3.63) is 29.3 Å². The molecule has 2 aliphatic heterocycles. The maximum Gasteiger partial charge on any atom is 0.259 e. The Balaban J connectivity index is 1.45. The maximum absolute atomic E-state index is 13.1. The van der Waals surface area contributed by atoms with Crippen LogP contribution in [0.4, 0.5) is 0 Å². The van der Waals surface area contributed by atoms with E-state index in [0.29, 0.717) is 57.0 Å². The molecule has 0 N–H and O–H groups in total. The summed E-state index contributed by atoms with van der Waals surface area (Å²) in [6.45, 7) is 5.82. The van der Waals surface area contributed by atoms with Crippen molar-refractivity contribution in [2.75, 3.05) is 33.9 Å². The van der Waals surface area contributed by atoms with Gasteiger partial charge in [0.05, 0.1) is 26.0 Å². The molecule has 2 aromatic heterocycles. The number of nitrogens with zero attached hydrogens (tertiary/aromatic N) is 6. The zero-order valence-corrected chi connectivity index (χ0v) is 20.2. The van der Waals surface area contributed by atoms with E-state index in [9.17, 15) is 13.2 Å². The van der Waals surface area contributed by atoms with Gasteiger partial charge < -0.3 is 18.9 Å². The van der Waals surface area contributed by atoms with E-state index in [-0.39, 0.29) is 17.7 Å². The van der Waals surface area contributed by atoms with Crippen LogP contribution in [0.3, 0.4) is 0 Å². The van der Waals surface area contributed by atoms with Gasteiger partial charge in [-0.05, 0) is 32.8 Å². The van der Waals surface area contributed by atoms with Crippen molar-refractivity contribution in [3.8, 4) is 11.8 Å². The zero-order chi connectivity index (χ0) is 23.8. The molecule has 2 aromatic rings. The van der Waals surface area contributed by atoms with Gasteiger partial charge in [-0.3, -0.25) is 4.79 Å². The molecule has 0 spiro atoms. The first-order valence-corrected chi connectivity index (χ1v) is 12.6. The summed E-state index contributed by atoms with van der Waals surface area (Å²) in [7, 11) is -0.267. The van der Waals surface area contributed by atoms with Gasteiger partial charge in [-0.1, -0.05) is 0 Å². The highest BCUT2D eigenvalue weighted by Crippen LogP contribution is 2.31. The molecule has 0 unspecified atom stereocenters. The van der Waals surface area contributed by atoms with Crippen LogP contribution in [0.2, 0.25) is 0 Å². The van der Waals surface area contributed by atoms with Crippen LogP contribution in [-0.4, -0.2) is 82.4 Å². The van der Waals surface area contributed by atoms with E-state index in [1.807, 2.05) is 0 Å². The average molecular weight is 479 g/mol. The molecule has 4 rings (SSSR count). The number of hydrogen-bond acceptors (Lipinski definition) is 8. The summed E-state index contributed by atoms with van der Waals surface area (Å²) in [6.07, 6.45) is 1.42. The van der Waals surface area contributed by atoms with Crippen LogP contribution < -0.4 is 9.47 Å². The predicted molar refractivity (Wildman–Crippen MR) is 120 cm³/mol. The summed E-state index contributed by atoms with van der Waals surface area (Å²) < 4.78 is 38.9. The number of methoxy groups -OCH3 is 2. The molecule has 0 bridgehead atoms. The standard InChI is InChI=1S/C21H30N6O5S/c1-14(2)33(29,30)26-9-7-15(8-10-26)19-24-23-17-13-25(11-12-27(17)19)21(28)16-5-6-18(31-3)22-20(16)32-4/h5-6,14-15H,7-13H2,1-4H3. The Labute approximate surface area is 193 Å². The molecule has 2 aliphatic rings. The van der Waals surface area contributed by atoms with Gasteiger partial charge in [0.25, 0.3) is 5.91 Å². The Hall–Kier alpha value is -2.73. The van der Waals surface area contributed by atoms with Gasteiger partial charge in [0, 0.05) is 38.2 Å². The van der Waals surface area contributed by atoms with E-state index in [0.717, 1.165) is 11.6 Å². The normalized spacial score (nSPS) is 17.8. The Bertz CT molecular complexity index is 1120. The minimum Gasteiger partial charge on any atom is -0.481 e. The number of piperidine rings is 1. The van der Waals surface area contributed by atoms with E-state index in [1.165, 1.54) is 14.2 Å². The van der Waals surface area contributed by atoms with E-state index in [1.54, 1.807) is 35.2 Å². The van der Waals surface area contributed by atoms with Crippen LogP contribution in [0.25, 0.3) is 0 Å². The fourth-order valence-corrected chi connectivity index (χ4v) is 5.66. The van der Waals surface area contributed by atoms with E-state index < -0.39 is 15.3 Å². The average Bonchev–Trinajstić information content (AvgIpc) is 3.26. The van der Waals surface area contributed by atoms with Crippen molar-refractivity contribution in [2.45, 2.75) is 50.9 Å². The van der Waals surface area contributed by atoms with Gasteiger partial charge in [0.1, 0.15) is 11.4 Å². The molecular formula is C21H30N6O5S. The van der Waals surface area contributed by atoms with Gasteiger partial charge >= 0.3 is 0 Å². The molecule has 1 amide bonds. The fraction of sp³-hybridized carbons (Fsp3) is 0.619. The monoisotopic (exact) mass is 478 g/mol. The number of amides is 1. The van der Waals surface area contributed by atoms with Crippen LogP contribution >= 0.6 is 0 Å². The second-order valence-corrected chi connectivity index (χ2v) is 11.0. The summed E-state index contributed by atoms with van der Waals surface area (Å²) in [5.74, 6) is 2.15. The van der Waals surface area contributed by atoms with Crippen molar-refractivity contribution in [1.82, 2.24) is 29.0 Å². The van der Waals surface area contributed by atoms with E-state index >= 15 is 0 Å². The van der Waals surface area contributed by atoms with Gasteiger partial charge in [-0.15, -0.1) is 10.2 Å². The fourth-order valence-electron chi connectivity index (χ4n) is 4.35. The number of sulfonamides is 1. The van der Waals surface area contributed by atoms with Crippen LogP contribution in [-0.2, 0) is 23.1 Å². The molecule has 1 saturated heterocycles. The van der Waals surface area contributed by atoms with Crippen LogP contribution in [0.1, 0.15) is 54.6 Å². The lowest BCUT2D eigenvalue weighted by Crippen LogP contribution is -2.42. The molecule has 4 heterocycles. The number of pyridine rings is 1. The van der Waals surface area contributed by atoms with Gasteiger partial charge in [0.15, 0.2) is 5.82 Å². The molecule has 0 atom stereocenters. The Morgan fingerprint density at radius 3 is 2.42 bits per heavy atom. The van der Waals surface area contributed by atoms with Crippen LogP contribution in [0, 0.1) is 0 Å². The number of hydrogen-bond donors (Lipinski definition) is 0. The highest BCUT2D eigenvalue weighted by atomic mass is 32.2. The maximum atomic E-state index is 13.1. The first kappa shape index (κ1) is 23.4. The van der Waals surface area contributed by atoms with Crippen molar-refractivity contribution >= 4 is 15.9 Å². The number of rotatable bonds is 6. The molecule has 0 radical (unpaired) electrons. The Kier molecular flexibility index (Phi) is 6.57. The lowest BCUT2D eigenvalue weighted by molar-refractivity contribution is 0.0701. The third-order valence-electron chi connectivity index (χ3n) is 6.31. The number of carbonyl (C=O) groups is 1. The van der Waals surface area contributed by atoms with Crippen molar-refractivity contribution in [1.29, 1.82) is 0 Å². The van der Waals surface area contributed by atoms with Crippen molar-refractivity contribution in [3.63, 3.8) is 0 Å². The van der Waals surface area contributed by atoms with Crippen LogP contribution in [0.15, 0.2) is 12.1 Å². The van der Waals surface area contributed by atoms with Crippen LogP contribution in [0.5, 0.6) is 11.8 Å². The second-order valence-electron chi connectivity index (χ2n) is 8.53. The quantitative estimate of drug-likeness (QED) is 0.609. The second kappa shape index (κ2) is 9.26.